The molecular formula is C14H16Cl2O3. The maximum atomic E-state index is 10.8. The highest BCUT2D eigenvalue weighted by atomic mass is 35.5. The molecule has 0 spiro atoms. The van der Waals surface area contributed by atoms with Crippen LogP contribution >= 0.6 is 23.2 Å². The minimum absolute atomic E-state index is 0.0331. The Hall–Kier alpha value is -1.03. The fraction of sp³-hybridized carbons (Fsp3) is 0.357. The molecule has 1 atom stereocenters. The standard InChI is InChI=1S/C14H16Cl2O3/c1-2-6-14(9-17,7-5-13(18)19)10-3-4-11(15)12(16)8-10/h2-4,8,17H,1,5-7,9H2,(H,18,19). The Morgan fingerprint density at radius 3 is 2.53 bits per heavy atom. The molecule has 1 aromatic rings. The fourth-order valence-corrected chi connectivity index (χ4v) is 2.35. The smallest absolute Gasteiger partial charge is 0.303 e. The van der Waals surface area contributed by atoms with Gasteiger partial charge in [-0.05, 0) is 30.5 Å². The van der Waals surface area contributed by atoms with Crippen LogP contribution in [-0.2, 0) is 10.2 Å². The number of rotatable bonds is 7. The summed E-state index contributed by atoms with van der Waals surface area (Å²) in [6.07, 6.45) is 2.41. The molecule has 0 saturated carbocycles. The number of aliphatic carboxylic acids is 1. The number of hydrogen-bond donors (Lipinski definition) is 2. The molecule has 0 aliphatic carbocycles. The average molecular weight is 303 g/mol. The highest BCUT2D eigenvalue weighted by Gasteiger charge is 2.31. The summed E-state index contributed by atoms with van der Waals surface area (Å²) in [6.45, 7) is 3.49. The van der Waals surface area contributed by atoms with Gasteiger partial charge in [-0.25, -0.2) is 0 Å². The van der Waals surface area contributed by atoms with E-state index in [0.29, 0.717) is 22.9 Å². The van der Waals surface area contributed by atoms with Crippen molar-refractivity contribution in [2.75, 3.05) is 6.61 Å². The third-order valence-electron chi connectivity index (χ3n) is 3.19. The summed E-state index contributed by atoms with van der Waals surface area (Å²) in [7, 11) is 0. The first-order valence-corrected chi connectivity index (χ1v) is 6.60. The Bertz CT molecular complexity index is 474. The monoisotopic (exact) mass is 302 g/mol. The van der Waals surface area contributed by atoms with Crippen molar-refractivity contribution in [3.63, 3.8) is 0 Å². The molecule has 2 N–H and O–H groups in total. The van der Waals surface area contributed by atoms with E-state index in [2.05, 4.69) is 6.58 Å². The number of aliphatic hydroxyl groups is 1. The molecule has 1 rings (SSSR count). The zero-order valence-electron chi connectivity index (χ0n) is 10.4. The molecule has 104 valence electrons. The van der Waals surface area contributed by atoms with Gasteiger partial charge in [-0.2, -0.15) is 0 Å². The molecule has 0 fully saturated rings. The van der Waals surface area contributed by atoms with Crippen molar-refractivity contribution in [1.29, 1.82) is 0 Å². The lowest BCUT2D eigenvalue weighted by Crippen LogP contribution is -2.31. The van der Waals surface area contributed by atoms with E-state index in [1.807, 2.05) is 0 Å². The Labute approximate surface area is 122 Å². The normalized spacial score (nSPS) is 13.8. The number of carboxylic acids is 1. The Morgan fingerprint density at radius 1 is 1.37 bits per heavy atom. The van der Waals surface area contributed by atoms with Crippen LogP contribution in [0, 0.1) is 0 Å². The van der Waals surface area contributed by atoms with Crippen molar-refractivity contribution in [3.8, 4) is 0 Å². The summed E-state index contributed by atoms with van der Waals surface area (Å²) in [4.78, 5) is 10.8. The van der Waals surface area contributed by atoms with Gasteiger partial charge >= 0.3 is 5.97 Å². The predicted molar refractivity (Wildman–Crippen MR) is 76.9 cm³/mol. The highest BCUT2D eigenvalue weighted by Crippen LogP contribution is 2.36. The molecule has 1 aromatic carbocycles. The van der Waals surface area contributed by atoms with Crippen LogP contribution in [-0.4, -0.2) is 22.8 Å². The molecular weight excluding hydrogens is 287 g/mol. The fourth-order valence-electron chi connectivity index (χ4n) is 2.05. The van der Waals surface area contributed by atoms with Crippen molar-refractivity contribution in [1.82, 2.24) is 0 Å². The van der Waals surface area contributed by atoms with Gasteiger partial charge in [0.05, 0.1) is 16.7 Å². The molecule has 0 aliphatic rings. The van der Waals surface area contributed by atoms with Gasteiger partial charge in [0.25, 0.3) is 0 Å². The van der Waals surface area contributed by atoms with Crippen molar-refractivity contribution >= 4 is 29.2 Å². The van der Waals surface area contributed by atoms with Crippen molar-refractivity contribution in [2.24, 2.45) is 0 Å². The van der Waals surface area contributed by atoms with Crippen LogP contribution in [0.2, 0.25) is 10.0 Å². The molecule has 0 saturated heterocycles. The summed E-state index contributed by atoms with van der Waals surface area (Å²) in [6, 6.07) is 5.08. The van der Waals surface area contributed by atoms with Gasteiger partial charge in [-0.1, -0.05) is 35.3 Å². The highest BCUT2D eigenvalue weighted by molar-refractivity contribution is 6.42. The van der Waals surface area contributed by atoms with Crippen molar-refractivity contribution < 1.29 is 15.0 Å². The largest absolute Gasteiger partial charge is 0.481 e. The van der Waals surface area contributed by atoms with Crippen LogP contribution in [0.15, 0.2) is 30.9 Å². The molecule has 5 heteroatoms. The second-order valence-corrected chi connectivity index (χ2v) is 5.27. The lowest BCUT2D eigenvalue weighted by molar-refractivity contribution is -0.137. The third-order valence-corrected chi connectivity index (χ3v) is 3.93. The summed E-state index contributed by atoms with van der Waals surface area (Å²) in [5.74, 6) is -0.901. The minimum Gasteiger partial charge on any atom is -0.481 e. The summed E-state index contributed by atoms with van der Waals surface area (Å²) < 4.78 is 0. The van der Waals surface area contributed by atoms with Gasteiger partial charge in [0.15, 0.2) is 0 Å². The van der Waals surface area contributed by atoms with Crippen LogP contribution in [0.4, 0.5) is 0 Å². The maximum absolute atomic E-state index is 10.8. The summed E-state index contributed by atoms with van der Waals surface area (Å²) in [5, 5.41) is 19.4. The number of allylic oxidation sites excluding steroid dienone is 1. The van der Waals surface area contributed by atoms with Gasteiger partial charge in [0.2, 0.25) is 0 Å². The number of carbonyl (C=O) groups is 1. The van der Waals surface area contributed by atoms with Crippen LogP contribution in [0.3, 0.4) is 0 Å². The first kappa shape index (κ1) is 16.0. The van der Waals surface area contributed by atoms with Gasteiger partial charge in [0.1, 0.15) is 0 Å². The third kappa shape index (κ3) is 3.96. The van der Waals surface area contributed by atoms with Crippen LogP contribution in [0.1, 0.15) is 24.8 Å². The van der Waals surface area contributed by atoms with E-state index in [0.717, 1.165) is 5.56 Å². The molecule has 19 heavy (non-hydrogen) atoms. The van der Waals surface area contributed by atoms with E-state index in [9.17, 15) is 9.90 Å². The van der Waals surface area contributed by atoms with E-state index < -0.39 is 11.4 Å². The topological polar surface area (TPSA) is 57.5 Å². The first-order chi connectivity index (χ1) is 8.95. The Kier molecular flexibility index (Phi) is 5.85. The van der Waals surface area contributed by atoms with E-state index in [-0.39, 0.29) is 13.0 Å². The number of aliphatic hydroxyl groups excluding tert-OH is 1. The lowest BCUT2D eigenvalue weighted by Gasteiger charge is -2.31. The van der Waals surface area contributed by atoms with E-state index in [4.69, 9.17) is 28.3 Å². The van der Waals surface area contributed by atoms with Crippen molar-refractivity contribution in [3.05, 3.63) is 46.5 Å². The average Bonchev–Trinajstić information content (AvgIpc) is 2.38. The van der Waals surface area contributed by atoms with Gasteiger partial charge in [-0.3, -0.25) is 4.79 Å². The second kappa shape index (κ2) is 6.94. The number of halogens is 2. The van der Waals surface area contributed by atoms with E-state index >= 15 is 0 Å². The Balaban J connectivity index is 3.16. The Morgan fingerprint density at radius 2 is 2.05 bits per heavy atom. The van der Waals surface area contributed by atoms with Gasteiger partial charge < -0.3 is 10.2 Å². The molecule has 0 heterocycles. The number of benzene rings is 1. The van der Waals surface area contributed by atoms with E-state index in [1.165, 1.54) is 0 Å². The zero-order chi connectivity index (χ0) is 14.5. The number of hydrogen-bond acceptors (Lipinski definition) is 2. The maximum Gasteiger partial charge on any atom is 0.303 e. The zero-order valence-corrected chi connectivity index (χ0v) is 11.9. The van der Waals surface area contributed by atoms with Crippen LogP contribution in [0.25, 0.3) is 0 Å². The molecule has 0 bridgehead atoms. The molecule has 0 amide bonds. The van der Waals surface area contributed by atoms with Gasteiger partial charge in [-0.15, -0.1) is 6.58 Å². The first-order valence-electron chi connectivity index (χ1n) is 5.84. The SMILES string of the molecule is C=CCC(CO)(CCC(=O)O)c1ccc(Cl)c(Cl)c1. The summed E-state index contributed by atoms with van der Waals surface area (Å²) >= 11 is 11.9. The van der Waals surface area contributed by atoms with Crippen LogP contribution in [0.5, 0.6) is 0 Å². The molecule has 1 unspecified atom stereocenters. The molecule has 0 aliphatic heterocycles. The second-order valence-electron chi connectivity index (χ2n) is 4.45. The molecule has 3 nitrogen and oxygen atoms in total. The number of carboxylic acid groups (broad SMARTS) is 1. The quantitative estimate of drug-likeness (QED) is 0.756. The molecule has 0 aromatic heterocycles. The van der Waals surface area contributed by atoms with Gasteiger partial charge in [0, 0.05) is 11.8 Å². The predicted octanol–water partition coefficient (Wildman–Crippen LogP) is 3.66. The lowest BCUT2D eigenvalue weighted by atomic mass is 9.74. The van der Waals surface area contributed by atoms with Crippen molar-refractivity contribution in [2.45, 2.75) is 24.7 Å². The molecule has 0 radical (unpaired) electrons. The summed E-state index contributed by atoms with van der Waals surface area (Å²) in [5.41, 5.74) is 0.0829. The van der Waals surface area contributed by atoms with Crippen LogP contribution < -0.4 is 0 Å². The minimum atomic E-state index is -0.901. The van der Waals surface area contributed by atoms with E-state index in [1.54, 1.807) is 24.3 Å².